The highest BCUT2D eigenvalue weighted by Crippen LogP contribution is 2.14. The van der Waals surface area contributed by atoms with Gasteiger partial charge in [-0.3, -0.25) is 4.79 Å². The number of pyridine rings is 1. The highest BCUT2D eigenvalue weighted by Gasteiger charge is 2.06. The molecule has 0 unspecified atom stereocenters. The lowest BCUT2D eigenvalue weighted by Crippen LogP contribution is -2.09. The van der Waals surface area contributed by atoms with E-state index in [1.54, 1.807) is 6.20 Å². The number of anilines is 1. The molecule has 0 radical (unpaired) electrons. The highest BCUT2D eigenvalue weighted by atomic mass is 16.4. The minimum Gasteiger partial charge on any atom is -0.481 e. The number of hydrogen-bond acceptors (Lipinski definition) is 3. The quantitative estimate of drug-likeness (QED) is 0.837. The molecule has 2 rings (SSSR count). The van der Waals surface area contributed by atoms with Gasteiger partial charge in [-0.1, -0.05) is 0 Å². The van der Waals surface area contributed by atoms with Crippen molar-refractivity contribution >= 4 is 17.3 Å². The smallest absolute Gasteiger partial charge is 0.309 e. The first-order chi connectivity index (χ1) is 7.56. The zero-order valence-electron chi connectivity index (χ0n) is 9.21. The zero-order chi connectivity index (χ0) is 11.7. The average molecular weight is 219 g/mol. The molecule has 0 spiro atoms. The Morgan fingerprint density at radius 3 is 2.81 bits per heavy atom. The monoisotopic (exact) mass is 219 g/mol. The van der Waals surface area contributed by atoms with E-state index in [0.29, 0.717) is 5.69 Å². The molecule has 0 fully saturated rings. The van der Waals surface area contributed by atoms with Crippen molar-refractivity contribution in [2.75, 3.05) is 19.0 Å². The number of rotatable bonds is 3. The lowest BCUT2D eigenvalue weighted by Gasteiger charge is -2.11. The Labute approximate surface area is 92.9 Å². The average Bonchev–Trinajstić information content (AvgIpc) is 2.56. The van der Waals surface area contributed by atoms with Crippen LogP contribution in [-0.4, -0.2) is 34.6 Å². The van der Waals surface area contributed by atoms with Crippen LogP contribution in [0.3, 0.4) is 0 Å². The van der Waals surface area contributed by atoms with Crippen molar-refractivity contribution in [1.82, 2.24) is 9.38 Å². The molecule has 0 amide bonds. The minimum absolute atomic E-state index is 0.0427. The molecule has 2 heterocycles. The molecule has 5 nitrogen and oxygen atoms in total. The number of carboxylic acid groups (broad SMARTS) is 1. The predicted octanol–water partition coefficient (Wildman–Crippen LogP) is 1.03. The van der Waals surface area contributed by atoms with Crippen molar-refractivity contribution in [3.63, 3.8) is 0 Å². The van der Waals surface area contributed by atoms with E-state index >= 15 is 0 Å². The van der Waals surface area contributed by atoms with Gasteiger partial charge in [0.2, 0.25) is 0 Å². The van der Waals surface area contributed by atoms with E-state index in [0.717, 1.165) is 11.3 Å². The number of imidazole rings is 1. The van der Waals surface area contributed by atoms with E-state index in [2.05, 4.69) is 4.98 Å². The molecule has 1 N–H and O–H groups in total. The van der Waals surface area contributed by atoms with Gasteiger partial charge in [0.05, 0.1) is 17.8 Å². The number of carboxylic acids is 1. The molecule has 0 saturated carbocycles. The van der Waals surface area contributed by atoms with Crippen molar-refractivity contribution in [3.05, 3.63) is 30.2 Å². The lowest BCUT2D eigenvalue weighted by atomic mass is 10.3. The third kappa shape index (κ3) is 1.98. The summed E-state index contributed by atoms with van der Waals surface area (Å²) in [6.45, 7) is 0. The second kappa shape index (κ2) is 3.84. The summed E-state index contributed by atoms with van der Waals surface area (Å²) in [4.78, 5) is 16.8. The molecular weight excluding hydrogens is 206 g/mol. The second-order valence-corrected chi connectivity index (χ2v) is 3.85. The van der Waals surface area contributed by atoms with Gasteiger partial charge < -0.3 is 14.4 Å². The van der Waals surface area contributed by atoms with Crippen LogP contribution in [0, 0.1) is 0 Å². The lowest BCUT2D eigenvalue weighted by molar-refractivity contribution is -0.136. The minimum atomic E-state index is -0.865. The Morgan fingerprint density at radius 2 is 2.19 bits per heavy atom. The molecule has 0 atom stereocenters. The molecule has 2 aromatic rings. The summed E-state index contributed by atoms with van der Waals surface area (Å²) in [5.41, 5.74) is 2.39. The number of carbonyl (C=O) groups is 1. The number of nitrogens with zero attached hydrogens (tertiary/aromatic N) is 3. The number of aromatic nitrogens is 2. The molecule has 0 aromatic carbocycles. The summed E-state index contributed by atoms with van der Waals surface area (Å²) in [5, 5.41) is 8.68. The maximum Gasteiger partial charge on any atom is 0.309 e. The fraction of sp³-hybridized carbons (Fsp3) is 0.273. The summed E-state index contributed by atoms with van der Waals surface area (Å²) in [6, 6.07) is 3.83. The first-order valence-corrected chi connectivity index (χ1v) is 4.93. The van der Waals surface area contributed by atoms with E-state index in [9.17, 15) is 4.79 Å². The standard InChI is InChI=1S/C11H13N3O2/c1-13(2)9-3-4-10-12-8(5-11(15)16)6-14(10)7-9/h3-4,6-7H,5H2,1-2H3,(H,15,16). The third-order valence-corrected chi connectivity index (χ3v) is 2.33. The Morgan fingerprint density at radius 1 is 1.44 bits per heavy atom. The zero-order valence-corrected chi connectivity index (χ0v) is 9.21. The van der Waals surface area contributed by atoms with Gasteiger partial charge in [0, 0.05) is 26.5 Å². The maximum atomic E-state index is 10.6. The van der Waals surface area contributed by atoms with Crippen LogP contribution in [0.5, 0.6) is 0 Å². The fourth-order valence-corrected chi connectivity index (χ4v) is 1.54. The van der Waals surface area contributed by atoms with Gasteiger partial charge in [0.15, 0.2) is 0 Å². The van der Waals surface area contributed by atoms with Gasteiger partial charge in [-0.05, 0) is 12.1 Å². The van der Waals surface area contributed by atoms with Gasteiger partial charge in [-0.25, -0.2) is 4.98 Å². The molecule has 0 bridgehead atoms. The maximum absolute atomic E-state index is 10.6. The summed E-state index contributed by atoms with van der Waals surface area (Å²) < 4.78 is 1.84. The SMILES string of the molecule is CN(C)c1ccc2nc(CC(=O)O)cn2c1. The molecule has 84 valence electrons. The summed E-state index contributed by atoms with van der Waals surface area (Å²) in [5.74, 6) is -0.865. The fourth-order valence-electron chi connectivity index (χ4n) is 1.54. The summed E-state index contributed by atoms with van der Waals surface area (Å²) in [6.07, 6.45) is 3.63. The molecule has 16 heavy (non-hydrogen) atoms. The van der Waals surface area contributed by atoms with Crippen LogP contribution in [0.2, 0.25) is 0 Å². The van der Waals surface area contributed by atoms with E-state index < -0.39 is 5.97 Å². The molecule has 5 heteroatoms. The molecule has 0 aliphatic carbocycles. The van der Waals surface area contributed by atoms with Crippen molar-refractivity contribution in [1.29, 1.82) is 0 Å². The number of fused-ring (bicyclic) bond motifs is 1. The first-order valence-electron chi connectivity index (χ1n) is 4.93. The van der Waals surface area contributed by atoms with Gasteiger partial charge in [0.1, 0.15) is 5.65 Å². The van der Waals surface area contributed by atoms with Crippen LogP contribution in [-0.2, 0) is 11.2 Å². The number of hydrogen-bond donors (Lipinski definition) is 1. The van der Waals surface area contributed by atoms with Gasteiger partial charge in [-0.2, -0.15) is 0 Å². The van der Waals surface area contributed by atoms with E-state index in [-0.39, 0.29) is 6.42 Å². The van der Waals surface area contributed by atoms with Crippen molar-refractivity contribution < 1.29 is 9.90 Å². The van der Waals surface area contributed by atoms with E-state index in [4.69, 9.17) is 5.11 Å². The van der Waals surface area contributed by atoms with E-state index in [1.165, 1.54) is 0 Å². The summed E-state index contributed by atoms with van der Waals surface area (Å²) >= 11 is 0. The molecule has 2 aromatic heterocycles. The van der Waals surface area contributed by atoms with Gasteiger partial charge in [-0.15, -0.1) is 0 Å². The molecule has 0 aliphatic rings. The van der Waals surface area contributed by atoms with Gasteiger partial charge in [0.25, 0.3) is 0 Å². The van der Waals surface area contributed by atoms with Crippen molar-refractivity contribution in [3.8, 4) is 0 Å². The molecule has 0 saturated heterocycles. The van der Waals surface area contributed by atoms with E-state index in [1.807, 2.05) is 41.7 Å². The Bertz CT molecular complexity index is 531. The van der Waals surface area contributed by atoms with Crippen molar-refractivity contribution in [2.24, 2.45) is 0 Å². The normalized spacial score (nSPS) is 10.6. The van der Waals surface area contributed by atoms with Crippen LogP contribution in [0.1, 0.15) is 5.69 Å². The van der Waals surface area contributed by atoms with Crippen LogP contribution in [0.15, 0.2) is 24.5 Å². The Balaban J connectivity index is 2.41. The Kier molecular flexibility index (Phi) is 2.52. The molecule has 0 aliphatic heterocycles. The van der Waals surface area contributed by atoms with Crippen LogP contribution >= 0.6 is 0 Å². The van der Waals surface area contributed by atoms with Crippen LogP contribution < -0.4 is 4.90 Å². The van der Waals surface area contributed by atoms with Gasteiger partial charge >= 0.3 is 5.97 Å². The highest BCUT2D eigenvalue weighted by molar-refractivity contribution is 5.70. The van der Waals surface area contributed by atoms with Crippen LogP contribution in [0.25, 0.3) is 5.65 Å². The number of aliphatic carboxylic acids is 1. The first kappa shape index (κ1) is 10.5. The van der Waals surface area contributed by atoms with Crippen LogP contribution in [0.4, 0.5) is 5.69 Å². The third-order valence-electron chi connectivity index (χ3n) is 2.33. The van der Waals surface area contributed by atoms with Crippen molar-refractivity contribution in [2.45, 2.75) is 6.42 Å². The second-order valence-electron chi connectivity index (χ2n) is 3.85. The topological polar surface area (TPSA) is 57.8 Å². The Hall–Kier alpha value is -2.04. The summed E-state index contributed by atoms with van der Waals surface area (Å²) in [7, 11) is 3.91. The largest absolute Gasteiger partial charge is 0.481 e. The predicted molar refractivity (Wildman–Crippen MR) is 60.9 cm³/mol. The molecular formula is C11H13N3O2.